The Morgan fingerprint density at radius 2 is 1.77 bits per heavy atom. The standard InChI is InChI=1S/C27H31N3O/c1-19-8-11-26(27(31)28-19)30-18-24-16-23(9-10-25(24)20(30)2)22-12-14-29(15-13-22)17-21-6-4-3-5-7-21/h3-7,9-10,16,22,26H,1-2,8,11-15,17-18H2,(H,28,31). The lowest BCUT2D eigenvalue weighted by Gasteiger charge is -2.33. The van der Waals surface area contributed by atoms with Crippen LogP contribution < -0.4 is 5.32 Å². The molecule has 1 amide bonds. The fourth-order valence-corrected chi connectivity index (χ4v) is 5.34. The molecule has 1 atom stereocenters. The lowest BCUT2D eigenvalue weighted by molar-refractivity contribution is -0.125. The van der Waals surface area contributed by atoms with Crippen LogP contribution in [-0.2, 0) is 17.9 Å². The fourth-order valence-electron chi connectivity index (χ4n) is 5.34. The first-order valence-corrected chi connectivity index (χ1v) is 11.4. The number of piperidine rings is 2. The van der Waals surface area contributed by atoms with Gasteiger partial charge in [0.25, 0.3) is 0 Å². The summed E-state index contributed by atoms with van der Waals surface area (Å²) in [6, 6.07) is 17.5. The van der Waals surface area contributed by atoms with E-state index in [2.05, 4.69) is 76.8 Å². The fraction of sp³-hybridized carbons (Fsp3) is 0.370. The summed E-state index contributed by atoms with van der Waals surface area (Å²) in [4.78, 5) is 17.3. The van der Waals surface area contributed by atoms with E-state index in [4.69, 9.17) is 0 Å². The second-order valence-corrected chi connectivity index (χ2v) is 9.17. The molecule has 31 heavy (non-hydrogen) atoms. The molecular formula is C27H31N3O. The Hall–Kier alpha value is -2.85. The summed E-state index contributed by atoms with van der Waals surface area (Å²) in [6.45, 7) is 12.3. The maximum Gasteiger partial charge on any atom is 0.246 e. The normalized spacial score (nSPS) is 22.5. The molecule has 0 saturated carbocycles. The molecule has 160 valence electrons. The number of likely N-dealkylation sites (tertiary alicyclic amines) is 1. The molecule has 4 heteroatoms. The maximum absolute atomic E-state index is 12.5. The minimum absolute atomic E-state index is 0.0521. The van der Waals surface area contributed by atoms with Crippen LogP contribution in [0.25, 0.3) is 5.70 Å². The van der Waals surface area contributed by atoms with Gasteiger partial charge in [-0.3, -0.25) is 9.69 Å². The van der Waals surface area contributed by atoms with Crippen LogP contribution in [0.3, 0.4) is 0 Å². The highest BCUT2D eigenvalue weighted by Crippen LogP contribution is 2.38. The second kappa shape index (κ2) is 8.35. The number of nitrogens with one attached hydrogen (secondary N) is 1. The molecule has 0 aliphatic carbocycles. The number of amides is 1. The summed E-state index contributed by atoms with van der Waals surface area (Å²) in [6.07, 6.45) is 4.04. The van der Waals surface area contributed by atoms with Gasteiger partial charge in [-0.25, -0.2) is 0 Å². The molecule has 3 heterocycles. The summed E-state index contributed by atoms with van der Waals surface area (Å²) in [5, 5.41) is 2.92. The zero-order valence-electron chi connectivity index (χ0n) is 18.1. The second-order valence-electron chi connectivity index (χ2n) is 9.17. The van der Waals surface area contributed by atoms with Gasteiger partial charge in [-0.2, -0.15) is 0 Å². The first kappa shape index (κ1) is 20.1. The number of nitrogens with zero attached hydrogens (tertiary/aromatic N) is 2. The number of fused-ring (bicyclic) bond motifs is 1. The highest BCUT2D eigenvalue weighted by molar-refractivity contribution is 5.87. The van der Waals surface area contributed by atoms with Gasteiger partial charge >= 0.3 is 0 Å². The van der Waals surface area contributed by atoms with Gasteiger partial charge in [0.1, 0.15) is 6.04 Å². The smallest absolute Gasteiger partial charge is 0.246 e. The van der Waals surface area contributed by atoms with Gasteiger partial charge in [0.2, 0.25) is 5.91 Å². The van der Waals surface area contributed by atoms with Crippen molar-refractivity contribution < 1.29 is 4.79 Å². The average molecular weight is 414 g/mol. The van der Waals surface area contributed by atoms with Crippen molar-refractivity contribution in [3.8, 4) is 0 Å². The van der Waals surface area contributed by atoms with Gasteiger partial charge in [-0.1, -0.05) is 61.7 Å². The van der Waals surface area contributed by atoms with Crippen molar-refractivity contribution in [2.24, 2.45) is 0 Å². The summed E-state index contributed by atoms with van der Waals surface area (Å²) < 4.78 is 0. The van der Waals surface area contributed by atoms with Gasteiger partial charge in [0.15, 0.2) is 0 Å². The van der Waals surface area contributed by atoms with E-state index in [0.717, 1.165) is 50.4 Å². The van der Waals surface area contributed by atoms with E-state index >= 15 is 0 Å². The van der Waals surface area contributed by atoms with E-state index in [0.29, 0.717) is 5.92 Å². The number of hydrogen-bond acceptors (Lipinski definition) is 3. The largest absolute Gasteiger partial charge is 0.355 e. The zero-order chi connectivity index (χ0) is 21.4. The molecular weight excluding hydrogens is 382 g/mol. The first-order chi connectivity index (χ1) is 15.1. The van der Waals surface area contributed by atoms with Crippen molar-refractivity contribution >= 4 is 11.6 Å². The number of benzene rings is 2. The molecule has 1 unspecified atom stereocenters. The predicted molar refractivity (Wildman–Crippen MR) is 125 cm³/mol. The van der Waals surface area contributed by atoms with Gasteiger partial charge < -0.3 is 10.2 Å². The van der Waals surface area contributed by atoms with Gasteiger partial charge in [-0.05, 0) is 61.4 Å². The predicted octanol–water partition coefficient (Wildman–Crippen LogP) is 4.64. The summed E-state index contributed by atoms with van der Waals surface area (Å²) in [5.74, 6) is 0.664. The van der Waals surface area contributed by atoms with Gasteiger partial charge in [0.05, 0.1) is 0 Å². The molecule has 4 nitrogen and oxygen atoms in total. The van der Waals surface area contributed by atoms with E-state index in [1.54, 1.807) is 0 Å². The Bertz CT molecular complexity index is 1000. The average Bonchev–Trinajstić information content (AvgIpc) is 3.10. The Labute approximate surface area is 185 Å². The number of carbonyl (C=O) groups excluding carboxylic acids is 1. The van der Waals surface area contributed by atoms with Crippen molar-refractivity contribution in [2.75, 3.05) is 13.1 Å². The van der Waals surface area contributed by atoms with Crippen molar-refractivity contribution in [2.45, 2.75) is 50.7 Å². The topological polar surface area (TPSA) is 35.6 Å². The van der Waals surface area contributed by atoms with E-state index in [-0.39, 0.29) is 11.9 Å². The maximum atomic E-state index is 12.5. The molecule has 5 rings (SSSR count). The van der Waals surface area contributed by atoms with Crippen LogP contribution in [0.2, 0.25) is 0 Å². The lowest BCUT2D eigenvalue weighted by Crippen LogP contribution is -2.47. The highest BCUT2D eigenvalue weighted by Gasteiger charge is 2.35. The Morgan fingerprint density at radius 1 is 1.00 bits per heavy atom. The van der Waals surface area contributed by atoms with E-state index in [1.807, 2.05) is 0 Å². The van der Waals surface area contributed by atoms with Crippen LogP contribution in [0.4, 0.5) is 0 Å². The van der Waals surface area contributed by atoms with Crippen molar-refractivity contribution in [3.05, 3.63) is 89.6 Å². The molecule has 2 aromatic carbocycles. The van der Waals surface area contributed by atoms with Crippen LogP contribution in [0.5, 0.6) is 0 Å². The molecule has 1 N–H and O–H groups in total. The Kier molecular flexibility index (Phi) is 5.41. The first-order valence-electron chi connectivity index (χ1n) is 11.4. The minimum atomic E-state index is -0.143. The Morgan fingerprint density at radius 3 is 2.52 bits per heavy atom. The molecule has 3 aliphatic heterocycles. The number of rotatable bonds is 4. The minimum Gasteiger partial charge on any atom is -0.355 e. The summed E-state index contributed by atoms with van der Waals surface area (Å²) >= 11 is 0. The molecule has 2 aromatic rings. The van der Waals surface area contributed by atoms with Crippen LogP contribution in [0, 0.1) is 0 Å². The molecule has 3 aliphatic rings. The van der Waals surface area contributed by atoms with Gasteiger partial charge in [-0.15, -0.1) is 0 Å². The third kappa shape index (κ3) is 4.05. The summed E-state index contributed by atoms with van der Waals surface area (Å²) in [7, 11) is 0. The number of carbonyl (C=O) groups is 1. The lowest BCUT2D eigenvalue weighted by atomic mass is 9.87. The van der Waals surface area contributed by atoms with E-state index < -0.39 is 0 Å². The third-order valence-corrected chi connectivity index (χ3v) is 7.13. The third-order valence-electron chi connectivity index (χ3n) is 7.13. The molecule has 0 aromatic heterocycles. The molecule has 0 bridgehead atoms. The van der Waals surface area contributed by atoms with Crippen LogP contribution in [0.15, 0.2) is 67.4 Å². The van der Waals surface area contributed by atoms with Crippen molar-refractivity contribution in [3.63, 3.8) is 0 Å². The van der Waals surface area contributed by atoms with Gasteiger partial charge in [0, 0.05) is 30.0 Å². The molecule has 0 radical (unpaired) electrons. The van der Waals surface area contributed by atoms with Crippen molar-refractivity contribution in [1.82, 2.24) is 15.1 Å². The van der Waals surface area contributed by atoms with Crippen LogP contribution in [-0.4, -0.2) is 34.8 Å². The van der Waals surface area contributed by atoms with E-state index in [1.165, 1.54) is 35.1 Å². The molecule has 2 saturated heterocycles. The summed E-state index contributed by atoms with van der Waals surface area (Å²) in [5.41, 5.74) is 7.15. The van der Waals surface area contributed by atoms with Crippen LogP contribution in [0.1, 0.15) is 53.9 Å². The Balaban J connectivity index is 1.24. The number of hydrogen-bond donors (Lipinski definition) is 1. The highest BCUT2D eigenvalue weighted by atomic mass is 16.2. The van der Waals surface area contributed by atoms with Crippen LogP contribution >= 0.6 is 0 Å². The monoisotopic (exact) mass is 413 g/mol. The van der Waals surface area contributed by atoms with Crippen molar-refractivity contribution in [1.29, 1.82) is 0 Å². The quantitative estimate of drug-likeness (QED) is 0.793. The zero-order valence-corrected chi connectivity index (χ0v) is 18.1. The molecule has 0 spiro atoms. The molecule has 2 fully saturated rings. The van der Waals surface area contributed by atoms with E-state index in [9.17, 15) is 4.79 Å². The SMILES string of the molecule is C=C1CCC(N2Cc3cc(C4CCN(Cc5ccccc5)CC4)ccc3C2=C)C(=O)N1. The number of allylic oxidation sites excluding steroid dienone is 1.